The molecule has 0 aliphatic heterocycles. The van der Waals surface area contributed by atoms with E-state index in [9.17, 15) is 9.59 Å². The van der Waals surface area contributed by atoms with Gasteiger partial charge in [0.15, 0.2) is 0 Å². The molecule has 1 aromatic rings. The number of nitrogens with one attached hydrogen (secondary N) is 1. The van der Waals surface area contributed by atoms with Gasteiger partial charge in [-0.15, -0.1) is 12.4 Å². The second-order valence-corrected chi connectivity index (χ2v) is 4.96. The molecule has 7 heteroatoms. The average Bonchev–Trinajstić information content (AvgIpc) is 2.46. The van der Waals surface area contributed by atoms with Gasteiger partial charge >= 0.3 is 0 Å². The number of likely N-dealkylation sites (N-methyl/N-ethyl adjacent to an activating group) is 1. The fourth-order valence-corrected chi connectivity index (χ4v) is 1.75. The molecular weight excluding hydrogens is 306 g/mol. The number of hydrogen-bond donors (Lipinski definition) is 2. The molecule has 0 spiro atoms. The molecule has 3 N–H and O–H groups in total. The number of anilines is 1. The van der Waals surface area contributed by atoms with Crippen molar-refractivity contribution in [2.75, 3.05) is 32.6 Å². The summed E-state index contributed by atoms with van der Waals surface area (Å²) in [7, 11) is 3.09. The topological polar surface area (TPSA) is 84.7 Å². The van der Waals surface area contributed by atoms with Crippen molar-refractivity contribution < 1.29 is 14.3 Å². The maximum atomic E-state index is 11.9. The van der Waals surface area contributed by atoms with Gasteiger partial charge in [-0.25, -0.2) is 0 Å². The summed E-state index contributed by atoms with van der Waals surface area (Å²) in [6.45, 7) is 2.24. The molecule has 6 nitrogen and oxygen atoms in total. The van der Waals surface area contributed by atoms with E-state index in [1.165, 1.54) is 12.0 Å². The second-order valence-electron chi connectivity index (χ2n) is 4.96. The number of ether oxygens (including phenoxy) is 1. The molecule has 0 aromatic heterocycles. The third-order valence-electron chi connectivity index (χ3n) is 3.14. The highest BCUT2D eigenvalue weighted by molar-refractivity contribution is 5.94. The Morgan fingerprint density at radius 2 is 1.91 bits per heavy atom. The highest BCUT2D eigenvalue weighted by Gasteiger charge is 2.17. The van der Waals surface area contributed by atoms with E-state index in [0.29, 0.717) is 5.69 Å². The normalized spacial score (nSPS) is 11.3. The van der Waals surface area contributed by atoms with Crippen molar-refractivity contribution in [1.29, 1.82) is 0 Å². The third kappa shape index (κ3) is 6.89. The molecular formula is C15H24ClN3O3. The molecule has 124 valence electrons. The minimum absolute atomic E-state index is 0. The summed E-state index contributed by atoms with van der Waals surface area (Å²) in [5.41, 5.74) is 7.30. The molecule has 0 radical (unpaired) electrons. The number of nitrogens with two attached hydrogens (primary N) is 1. The predicted octanol–water partition coefficient (Wildman–Crippen LogP) is 1.18. The zero-order valence-electron chi connectivity index (χ0n) is 13.2. The molecule has 0 bridgehead atoms. The van der Waals surface area contributed by atoms with Crippen LogP contribution in [0.25, 0.3) is 0 Å². The van der Waals surface area contributed by atoms with Crippen LogP contribution in [0.5, 0.6) is 0 Å². The fraction of sp³-hybridized carbons (Fsp3) is 0.467. The van der Waals surface area contributed by atoms with Crippen molar-refractivity contribution in [2.24, 2.45) is 5.73 Å². The van der Waals surface area contributed by atoms with Gasteiger partial charge in [0.1, 0.15) is 0 Å². The van der Waals surface area contributed by atoms with Crippen molar-refractivity contribution in [3.05, 3.63) is 29.8 Å². The largest absolute Gasteiger partial charge is 0.380 e. The maximum Gasteiger partial charge on any atom is 0.243 e. The standard InChI is InChI=1S/C15H23N3O3.ClH/c1-11-4-6-12(7-5-11)17-14(19)10-18(2)15(20)8-13(9-16)21-3;/h4-7,13H,8-10,16H2,1-3H3,(H,17,19);1H. The number of carbonyl (C=O) groups excluding carboxylic acids is 2. The van der Waals surface area contributed by atoms with Crippen molar-refractivity contribution in [3.8, 4) is 0 Å². The predicted molar refractivity (Wildman–Crippen MR) is 89.2 cm³/mol. The molecule has 0 heterocycles. The Morgan fingerprint density at radius 1 is 1.32 bits per heavy atom. The minimum atomic E-state index is -0.319. The molecule has 0 fully saturated rings. The number of rotatable bonds is 7. The van der Waals surface area contributed by atoms with Crippen LogP contribution in [0.3, 0.4) is 0 Å². The number of halogens is 1. The van der Waals surface area contributed by atoms with Crippen LogP contribution in [-0.4, -0.2) is 50.1 Å². The van der Waals surface area contributed by atoms with Gasteiger partial charge in [0.25, 0.3) is 0 Å². The zero-order valence-corrected chi connectivity index (χ0v) is 14.0. The zero-order chi connectivity index (χ0) is 15.8. The first-order chi connectivity index (χ1) is 9.96. The van der Waals surface area contributed by atoms with Crippen LogP contribution < -0.4 is 11.1 Å². The van der Waals surface area contributed by atoms with Crippen LogP contribution in [0.15, 0.2) is 24.3 Å². The number of amides is 2. The number of benzene rings is 1. The molecule has 0 saturated heterocycles. The van der Waals surface area contributed by atoms with E-state index in [2.05, 4.69) is 5.32 Å². The fourth-order valence-electron chi connectivity index (χ4n) is 1.75. The van der Waals surface area contributed by atoms with E-state index in [1.807, 2.05) is 31.2 Å². The lowest BCUT2D eigenvalue weighted by Gasteiger charge is -2.19. The molecule has 1 atom stereocenters. The monoisotopic (exact) mass is 329 g/mol. The maximum absolute atomic E-state index is 11.9. The van der Waals surface area contributed by atoms with Gasteiger partial charge in [-0.2, -0.15) is 0 Å². The van der Waals surface area contributed by atoms with Gasteiger partial charge in [-0.3, -0.25) is 9.59 Å². The van der Waals surface area contributed by atoms with Gasteiger partial charge in [0, 0.05) is 26.4 Å². The van der Waals surface area contributed by atoms with Crippen molar-refractivity contribution in [1.82, 2.24) is 4.90 Å². The lowest BCUT2D eigenvalue weighted by atomic mass is 10.2. The molecule has 0 aliphatic rings. The Kier molecular flexibility index (Phi) is 9.40. The Balaban J connectivity index is 0.00000441. The van der Waals surface area contributed by atoms with E-state index in [4.69, 9.17) is 10.5 Å². The third-order valence-corrected chi connectivity index (χ3v) is 3.14. The van der Waals surface area contributed by atoms with Gasteiger partial charge in [-0.1, -0.05) is 17.7 Å². The second kappa shape index (κ2) is 10.2. The van der Waals surface area contributed by atoms with E-state index in [-0.39, 0.29) is 49.8 Å². The van der Waals surface area contributed by atoms with Gasteiger partial charge in [0.2, 0.25) is 11.8 Å². The van der Waals surface area contributed by atoms with Gasteiger partial charge < -0.3 is 20.7 Å². The van der Waals surface area contributed by atoms with E-state index < -0.39 is 0 Å². The van der Waals surface area contributed by atoms with Crippen LogP contribution in [0.1, 0.15) is 12.0 Å². The van der Waals surface area contributed by atoms with Crippen LogP contribution in [0.2, 0.25) is 0 Å². The van der Waals surface area contributed by atoms with Crippen LogP contribution in [0.4, 0.5) is 5.69 Å². The Bertz CT molecular complexity index is 475. The first-order valence-electron chi connectivity index (χ1n) is 6.79. The quantitative estimate of drug-likeness (QED) is 0.786. The SMILES string of the molecule is COC(CN)CC(=O)N(C)CC(=O)Nc1ccc(C)cc1.Cl. The Hall–Kier alpha value is -1.63. The van der Waals surface area contributed by atoms with Gasteiger partial charge in [0.05, 0.1) is 19.1 Å². The van der Waals surface area contributed by atoms with Crippen LogP contribution in [-0.2, 0) is 14.3 Å². The lowest BCUT2D eigenvalue weighted by Crippen LogP contribution is -2.38. The summed E-state index contributed by atoms with van der Waals surface area (Å²) < 4.78 is 5.06. The van der Waals surface area contributed by atoms with E-state index >= 15 is 0 Å². The molecule has 22 heavy (non-hydrogen) atoms. The Morgan fingerprint density at radius 3 is 2.41 bits per heavy atom. The van der Waals surface area contributed by atoms with Gasteiger partial charge in [-0.05, 0) is 19.1 Å². The lowest BCUT2D eigenvalue weighted by molar-refractivity contribution is -0.135. The number of methoxy groups -OCH3 is 1. The summed E-state index contributed by atoms with van der Waals surface area (Å²) >= 11 is 0. The molecule has 1 aromatic carbocycles. The summed E-state index contributed by atoms with van der Waals surface area (Å²) in [5.74, 6) is -0.414. The molecule has 1 rings (SSSR count). The average molecular weight is 330 g/mol. The van der Waals surface area contributed by atoms with E-state index in [1.54, 1.807) is 7.05 Å². The summed E-state index contributed by atoms with van der Waals surface area (Å²) in [6.07, 6.45) is -0.151. The molecule has 1 unspecified atom stereocenters. The van der Waals surface area contributed by atoms with E-state index in [0.717, 1.165) is 5.56 Å². The summed E-state index contributed by atoms with van der Waals surface area (Å²) in [5, 5.41) is 2.75. The first-order valence-corrected chi connectivity index (χ1v) is 6.79. The number of hydrogen-bond acceptors (Lipinski definition) is 4. The highest BCUT2D eigenvalue weighted by Crippen LogP contribution is 2.08. The smallest absolute Gasteiger partial charge is 0.243 e. The van der Waals surface area contributed by atoms with Crippen molar-refractivity contribution in [2.45, 2.75) is 19.4 Å². The van der Waals surface area contributed by atoms with Crippen LogP contribution >= 0.6 is 12.4 Å². The first kappa shape index (κ1) is 20.4. The van der Waals surface area contributed by atoms with Crippen molar-refractivity contribution >= 4 is 29.9 Å². The summed E-state index contributed by atoms with van der Waals surface area (Å²) in [4.78, 5) is 25.2. The number of aryl methyl sites for hydroxylation is 1. The minimum Gasteiger partial charge on any atom is -0.380 e. The molecule has 0 saturated carbocycles. The molecule has 0 aliphatic carbocycles. The molecule has 2 amide bonds. The number of carbonyl (C=O) groups is 2. The van der Waals surface area contributed by atoms with Crippen LogP contribution in [0, 0.1) is 6.92 Å². The summed E-state index contributed by atoms with van der Waals surface area (Å²) in [6, 6.07) is 7.47. The number of nitrogens with zero attached hydrogens (tertiary/aromatic N) is 1. The Labute approximate surface area is 137 Å². The highest BCUT2D eigenvalue weighted by atomic mass is 35.5. The van der Waals surface area contributed by atoms with Crippen molar-refractivity contribution in [3.63, 3.8) is 0 Å².